The van der Waals surface area contributed by atoms with Crippen molar-refractivity contribution < 1.29 is 4.79 Å². The van der Waals surface area contributed by atoms with Gasteiger partial charge in [-0.1, -0.05) is 61.5 Å². The number of hydrogen-bond donors (Lipinski definition) is 0. The van der Waals surface area contributed by atoms with Gasteiger partial charge in [0.25, 0.3) is 0 Å². The third-order valence-corrected chi connectivity index (χ3v) is 4.72. The lowest BCUT2D eigenvalue weighted by Crippen LogP contribution is -2.37. The number of nitrogens with zero attached hydrogens (tertiary/aromatic N) is 1. The Labute approximate surface area is 132 Å². The van der Waals surface area contributed by atoms with Gasteiger partial charge in [-0.2, -0.15) is 0 Å². The minimum atomic E-state index is -0.0985. The first-order chi connectivity index (χ1) is 10.7. The molecule has 0 bridgehead atoms. The molecule has 2 aromatic rings. The maximum atomic E-state index is 12.4. The lowest BCUT2D eigenvalue weighted by Gasteiger charge is -2.30. The number of hydrogen-bond acceptors (Lipinski definition) is 1. The van der Waals surface area contributed by atoms with Crippen LogP contribution in [-0.2, 0) is 10.3 Å². The third-order valence-electron chi connectivity index (χ3n) is 4.72. The van der Waals surface area contributed by atoms with E-state index in [1.807, 2.05) is 18.0 Å². The second-order valence-corrected chi connectivity index (χ2v) is 6.15. The maximum absolute atomic E-state index is 12.4. The van der Waals surface area contributed by atoms with Crippen LogP contribution in [0.2, 0.25) is 0 Å². The van der Waals surface area contributed by atoms with Crippen molar-refractivity contribution in [3.63, 3.8) is 0 Å². The lowest BCUT2D eigenvalue weighted by atomic mass is 9.92. The molecule has 114 valence electrons. The summed E-state index contributed by atoms with van der Waals surface area (Å²) in [4.78, 5) is 14.4. The van der Waals surface area contributed by atoms with Crippen LogP contribution in [-0.4, -0.2) is 17.9 Å². The van der Waals surface area contributed by atoms with Crippen molar-refractivity contribution in [3.8, 4) is 11.1 Å². The Morgan fingerprint density at radius 2 is 1.68 bits per heavy atom. The zero-order chi connectivity index (χ0) is 15.6. The number of amides is 1. The van der Waals surface area contributed by atoms with Crippen molar-refractivity contribution in [1.29, 1.82) is 0 Å². The summed E-state index contributed by atoms with van der Waals surface area (Å²) in [5.74, 6) is 0.253. The molecule has 0 spiro atoms. The molecule has 1 aliphatic carbocycles. The molecular formula is C20H23NO. The van der Waals surface area contributed by atoms with Gasteiger partial charge in [-0.15, -0.1) is 0 Å². The van der Waals surface area contributed by atoms with Crippen LogP contribution in [0, 0.1) is 0 Å². The molecule has 2 nitrogen and oxygen atoms in total. The second kappa shape index (κ2) is 5.96. The summed E-state index contributed by atoms with van der Waals surface area (Å²) in [6.07, 6.45) is 3.65. The molecular weight excluding hydrogens is 270 g/mol. The van der Waals surface area contributed by atoms with Gasteiger partial charge in [0.2, 0.25) is 5.91 Å². The fourth-order valence-electron chi connectivity index (χ4n) is 3.28. The van der Waals surface area contributed by atoms with E-state index in [9.17, 15) is 4.79 Å². The van der Waals surface area contributed by atoms with E-state index in [2.05, 4.69) is 55.5 Å². The average Bonchev–Trinajstić information content (AvgIpc) is 3.37. The van der Waals surface area contributed by atoms with Gasteiger partial charge in [0.15, 0.2) is 0 Å². The molecule has 1 aliphatic rings. The first kappa shape index (κ1) is 14.8. The number of carbonyl (C=O) groups is 1. The first-order valence-electron chi connectivity index (χ1n) is 8.10. The lowest BCUT2D eigenvalue weighted by molar-refractivity contribution is -0.133. The topological polar surface area (TPSA) is 20.3 Å². The highest BCUT2D eigenvalue weighted by atomic mass is 16.2. The first-order valence-corrected chi connectivity index (χ1v) is 8.10. The Morgan fingerprint density at radius 3 is 2.32 bits per heavy atom. The van der Waals surface area contributed by atoms with Crippen LogP contribution >= 0.6 is 0 Å². The van der Waals surface area contributed by atoms with E-state index >= 15 is 0 Å². The Bertz CT molecular complexity index is 658. The Hall–Kier alpha value is -2.09. The van der Waals surface area contributed by atoms with Crippen molar-refractivity contribution >= 4 is 5.91 Å². The van der Waals surface area contributed by atoms with Crippen molar-refractivity contribution in [3.05, 3.63) is 60.2 Å². The molecule has 0 atom stereocenters. The molecule has 0 unspecified atom stereocenters. The zero-order valence-electron chi connectivity index (χ0n) is 13.4. The van der Waals surface area contributed by atoms with Crippen molar-refractivity contribution in [2.75, 3.05) is 7.05 Å². The van der Waals surface area contributed by atoms with E-state index in [0.717, 1.165) is 19.3 Å². The standard InChI is InChI=1S/C20H23NO/c1-3-9-19(22)21(2)20(14-15-20)18-13-8-7-12-17(18)16-10-5-4-6-11-16/h4-8,10-13H,3,9,14-15H2,1-2H3. The fourth-order valence-corrected chi connectivity index (χ4v) is 3.28. The molecule has 3 rings (SSSR count). The maximum Gasteiger partial charge on any atom is 0.223 e. The molecule has 22 heavy (non-hydrogen) atoms. The smallest absolute Gasteiger partial charge is 0.223 e. The largest absolute Gasteiger partial charge is 0.336 e. The summed E-state index contributed by atoms with van der Waals surface area (Å²) in [6, 6.07) is 19.0. The minimum absolute atomic E-state index is 0.0985. The van der Waals surface area contributed by atoms with Crippen LogP contribution in [0.15, 0.2) is 54.6 Å². The summed E-state index contributed by atoms with van der Waals surface area (Å²) >= 11 is 0. The van der Waals surface area contributed by atoms with Gasteiger partial charge in [0, 0.05) is 13.5 Å². The molecule has 0 saturated heterocycles. The van der Waals surface area contributed by atoms with E-state index < -0.39 is 0 Å². The Morgan fingerprint density at radius 1 is 1.05 bits per heavy atom. The molecule has 2 aromatic carbocycles. The van der Waals surface area contributed by atoms with Crippen LogP contribution in [0.25, 0.3) is 11.1 Å². The van der Waals surface area contributed by atoms with Crippen molar-refractivity contribution in [2.45, 2.75) is 38.1 Å². The van der Waals surface area contributed by atoms with Gasteiger partial charge in [0.05, 0.1) is 5.54 Å². The van der Waals surface area contributed by atoms with Crippen LogP contribution < -0.4 is 0 Å². The van der Waals surface area contributed by atoms with Gasteiger partial charge in [-0.25, -0.2) is 0 Å². The Balaban J connectivity index is 2.01. The van der Waals surface area contributed by atoms with E-state index in [1.54, 1.807) is 0 Å². The average molecular weight is 293 g/mol. The second-order valence-electron chi connectivity index (χ2n) is 6.15. The summed E-state index contributed by atoms with van der Waals surface area (Å²) in [5, 5.41) is 0. The number of benzene rings is 2. The molecule has 1 fully saturated rings. The molecule has 0 N–H and O–H groups in total. The summed E-state index contributed by atoms with van der Waals surface area (Å²) in [6.45, 7) is 2.06. The highest BCUT2D eigenvalue weighted by Crippen LogP contribution is 2.53. The SMILES string of the molecule is CCCC(=O)N(C)C1(c2ccccc2-c2ccccc2)CC1. The van der Waals surface area contributed by atoms with E-state index in [0.29, 0.717) is 6.42 Å². The van der Waals surface area contributed by atoms with E-state index in [4.69, 9.17) is 0 Å². The number of carbonyl (C=O) groups excluding carboxylic acids is 1. The molecule has 1 amide bonds. The minimum Gasteiger partial charge on any atom is -0.336 e. The number of rotatable bonds is 5. The highest BCUT2D eigenvalue weighted by Gasteiger charge is 2.50. The fraction of sp³-hybridized carbons (Fsp3) is 0.350. The Kier molecular flexibility index (Phi) is 4.02. The van der Waals surface area contributed by atoms with Crippen LogP contribution in [0.1, 0.15) is 38.2 Å². The van der Waals surface area contributed by atoms with Gasteiger partial charge in [-0.3, -0.25) is 4.79 Å². The van der Waals surface area contributed by atoms with Crippen molar-refractivity contribution in [1.82, 2.24) is 4.90 Å². The molecule has 0 radical (unpaired) electrons. The van der Waals surface area contributed by atoms with E-state index in [1.165, 1.54) is 16.7 Å². The summed E-state index contributed by atoms with van der Waals surface area (Å²) in [7, 11) is 1.97. The molecule has 1 saturated carbocycles. The van der Waals surface area contributed by atoms with Crippen LogP contribution in [0.5, 0.6) is 0 Å². The monoisotopic (exact) mass is 293 g/mol. The van der Waals surface area contributed by atoms with Crippen molar-refractivity contribution in [2.24, 2.45) is 0 Å². The van der Waals surface area contributed by atoms with Gasteiger partial charge in [0.1, 0.15) is 0 Å². The predicted molar refractivity (Wildman–Crippen MR) is 90.5 cm³/mol. The van der Waals surface area contributed by atoms with E-state index in [-0.39, 0.29) is 11.4 Å². The molecule has 2 heteroatoms. The normalized spacial score (nSPS) is 15.4. The molecule has 0 heterocycles. The highest BCUT2D eigenvalue weighted by molar-refractivity contribution is 5.79. The molecule has 0 aromatic heterocycles. The predicted octanol–water partition coefficient (Wildman–Crippen LogP) is 4.60. The van der Waals surface area contributed by atoms with Crippen LogP contribution in [0.4, 0.5) is 0 Å². The quantitative estimate of drug-likeness (QED) is 0.789. The third kappa shape index (κ3) is 2.54. The molecule has 0 aliphatic heterocycles. The van der Waals surface area contributed by atoms with Gasteiger partial charge in [-0.05, 0) is 36.0 Å². The summed E-state index contributed by atoms with van der Waals surface area (Å²) < 4.78 is 0. The van der Waals surface area contributed by atoms with Gasteiger partial charge >= 0.3 is 0 Å². The zero-order valence-corrected chi connectivity index (χ0v) is 13.4. The summed E-state index contributed by atoms with van der Waals surface area (Å²) in [5.41, 5.74) is 3.66. The van der Waals surface area contributed by atoms with Crippen LogP contribution in [0.3, 0.4) is 0 Å². The van der Waals surface area contributed by atoms with Gasteiger partial charge < -0.3 is 4.90 Å².